The van der Waals surface area contributed by atoms with Crippen LogP contribution in [0.5, 0.6) is 0 Å². The summed E-state index contributed by atoms with van der Waals surface area (Å²) in [7, 11) is 0. The van der Waals surface area contributed by atoms with E-state index >= 15 is 0 Å². The second-order valence-electron chi connectivity index (χ2n) is 8.89. The minimum Gasteiger partial charge on any atom is -0.374 e. The number of thioether (sulfide) groups is 2. The van der Waals surface area contributed by atoms with E-state index in [1.54, 1.807) is 10.7 Å². The third-order valence-corrected chi connectivity index (χ3v) is 7.74. The fourth-order valence-electron chi connectivity index (χ4n) is 4.56. The first-order chi connectivity index (χ1) is 18.0. The zero-order chi connectivity index (χ0) is 25.8. The second-order valence-corrected chi connectivity index (χ2v) is 10.5. The van der Waals surface area contributed by atoms with Crippen LogP contribution in [0.2, 0.25) is 0 Å². The molecular weight excluding hydrogens is 508 g/mol. The Labute approximate surface area is 224 Å². The Kier molecular flexibility index (Phi) is 8.13. The van der Waals surface area contributed by atoms with E-state index in [1.165, 1.54) is 23.5 Å². The second kappa shape index (κ2) is 11.5. The molecule has 4 aromatic rings. The highest BCUT2D eigenvalue weighted by Gasteiger charge is 2.55. The van der Waals surface area contributed by atoms with Gasteiger partial charge in [0.05, 0.1) is 32.1 Å². The van der Waals surface area contributed by atoms with Crippen LogP contribution in [0.1, 0.15) is 23.7 Å². The van der Waals surface area contributed by atoms with E-state index in [4.69, 9.17) is 14.2 Å². The van der Waals surface area contributed by atoms with Gasteiger partial charge in [-0.1, -0.05) is 79.3 Å². The average Bonchev–Trinajstić information content (AvgIpc) is 3.47. The number of imidazole rings is 1. The zero-order valence-electron chi connectivity index (χ0n) is 21.0. The molecule has 0 bridgehead atoms. The fraction of sp³-hybridized carbons (Fsp3) is 0.370. The van der Waals surface area contributed by atoms with Crippen molar-refractivity contribution < 1.29 is 19.3 Å². The number of rotatable bonds is 10. The molecule has 1 saturated heterocycles. The van der Waals surface area contributed by atoms with Crippen LogP contribution in [-0.2, 0) is 33.2 Å². The van der Waals surface area contributed by atoms with Crippen LogP contribution in [0, 0.1) is 5.92 Å². The summed E-state index contributed by atoms with van der Waals surface area (Å²) in [6, 6.07) is 19.9. The third kappa shape index (κ3) is 5.41. The van der Waals surface area contributed by atoms with E-state index in [2.05, 4.69) is 15.1 Å². The highest BCUT2D eigenvalue weighted by atomic mass is 32.2. The van der Waals surface area contributed by atoms with Crippen molar-refractivity contribution in [3.63, 3.8) is 0 Å². The molecule has 1 aliphatic heterocycles. The van der Waals surface area contributed by atoms with E-state index < -0.39 is 23.9 Å². The first kappa shape index (κ1) is 26.1. The maximum atomic E-state index is 12.0. The molecule has 2 aromatic carbocycles. The molecule has 8 nitrogen and oxygen atoms in total. The standard InChI is InChI=1S/C27H30N4O4S2/c1-18-23(34-16-20-12-8-5-9-13-20)21(17-33-15-19-10-6-4-7-11-19)35-27(18,32)22-14-28-24-25(36-2)29-26(37-3)30-31(22)24/h4-14,18,21,23,32H,15-17H2,1-3H3/t18-,21+,23-,27?/m0/s1. The number of aromatic nitrogens is 4. The number of ether oxygens (including phenoxy) is 3. The lowest BCUT2D eigenvalue weighted by atomic mass is 9.93. The molecule has 1 unspecified atom stereocenters. The summed E-state index contributed by atoms with van der Waals surface area (Å²) in [6.45, 7) is 3.03. The Bertz CT molecular complexity index is 1320. The number of hydrogen-bond donors (Lipinski definition) is 1. The smallest absolute Gasteiger partial charge is 0.217 e. The number of nitrogens with zero attached hydrogens (tertiary/aromatic N) is 4. The molecule has 0 aliphatic carbocycles. The maximum Gasteiger partial charge on any atom is 0.217 e. The first-order valence-electron chi connectivity index (χ1n) is 12.0. The Morgan fingerprint density at radius 1 is 1.00 bits per heavy atom. The van der Waals surface area contributed by atoms with Crippen molar-refractivity contribution in [3.05, 3.63) is 83.7 Å². The van der Waals surface area contributed by atoms with Crippen molar-refractivity contribution in [2.45, 2.75) is 48.3 Å². The predicted molar refractivity (Wildman–Crippen MR) is 143 cm³/mol. The lowest BCUT2D eigenvalue weighted by Gasteiger charge is -2.27. The van der Waals surface area contributed by atoms with Gasteiger partial charge in [0.1, 0.15) is 16.8 Å². The molecular formula is C27H30N4O4S2. The number of benzene rings is 2. The van der Waals surface area contributed by atoms with Crippen LogP contribution >= 0.6 is 23.5 Å². The third-order valence-electron chi connectivity index (χ3n) is 6.54. The molecule has 4 atom stereocenters. The highest BCUT2D eigenvalue weighted by molar-refractivity contribution is 7.99. The van der Waals surface area contributed by atoms with Crippen molar-refractivity contribution in [2.24, 2.45) is 5.92 Å². The van der Waals surface area contributed by atoms with Crippen molar-refractivity contribution in [1.82, 2.24) is 19.6 Å². The first-order valence-corrected chi connectivity index (χ1v) is 14.5. The monoisotopic (exact) mass is 538 g/mol. The normalized spacial score (nSPS) is 23.6. The van der Waals surface area contributed by atoms with Gasteiger partial charge in [0.2, 0.25) is 10.9 Å². The minimum atomic E-state index is -1.68. The molecule has 0 amide bonds. The van der Waals surface area contributed by atoms with Crippen molar-refractivity contribution in [3.8, 4) is 0 Å². The van der Waals surface area contributed by atoms with E-state index in [0.29, 0.717) is 29.7 Å². The number of hydrogen-bond acceptors (Lipinski definition) is 9. The molecule has 0 saturated carbocycles. The molecule has 3 heterocycles. The Hall–Kier alpha value is -2.47. The van der Waals surface area contributed by atoms with E-state index in [0.717, 1.165) is 16.2 Å². The molecule has 5 rings (SSSR count). The SMILES string of the molecule is CSc1nc(SC)c2ncc(C3(O)O[C@H](COCc4ccccc4)[C@@H](OCc4ccccc4)[C@@H]3C)n2n1. The van der Waals surface area contributed by atoms with Gasteiger partial charge in [0.25, 0.3) is 0 Å². The van der Waals surface area contributed by atoms with Crippen molar-refractivity contribution >= 4 is 29.2 Å². The summed E-state index contributed by atoms with van der Waals surface area (Å²) in [5.41, 5.74) is 3.14. The van der Waals surface area contributed by atoms with Gasteiger partial charge in [-0.3, -0.25) is 0 Å². The highest BCUT2D eigenvalue weighted by Crippen LogP contribution is 2.44. The van der Waals surface area contributed by atoms with Crippen LogP contribution in [-0.4, -0.2) is 56.0 Å². The fourth-order valence-corrected chi connectivity index (χ4v) is 5.47. The molecule has 1 fully saturated rings. The molecule has 10 heteroatoms. The zero-order valence-corrected chi connectivity index (χ0v) is 22.6. The molecule has 0 spiro atoms. The van der Waals surface area contributed by atoms with Gasteiger partial charge in [0.15, 0.2) is 5.65 Å². The molecule has 0 radical (unpaired) electrons. The lowest BCUT2D eigenvalue weighted by molar-refractivity contribution is -0.228. The van der Waals surface area contributed by atoms with Crippen molar-refractivity contribution in [2.75, 3.05) is 19.1 Å². The Morgan fingerprint density at radius 2 is 1.68 bits per heavy atom. The molecule has 1 N–H and O–H groups in total. The molecule has 1 aliphatic rings. The molecule has 194 valence electrons. The number of aliphatic hydroxyl groups is 1. The van der Waals surface area contributed by atoms with Crippen LogP contribution < -0.4 is 0 Å². The number of fused-ring (bicyclic) bond motifs is 1. The van der Waals surface area contributed by atoms with E-state index in [1.807, 2.05) is 80.1 Å². The lowest BCUT2D eigenvalue weighted by Crippen LogP contribution is -2.36. The van der Waals surface area contributed by atoms with Crippen LogP contribution in [0.4, 0.5) is 0 Å². The Balaban J connectivity index is 1.43. The summed E-state index contributed by atoms with van der Waals surface area (Å²) in [5, 5.41) is 17.9. The average molecular weight is 539 g/mol. The minimum absolute atomic E-state index is 0.263. The van der Waals surface area contributed by atoms with Gasteiger partial charge in [-0.2, -0.15) is 0 Å². The van der Waals surface area contributed by atoms with Gasteiger partial charge >= 0.3 is 0 Å². The summed E-state index contributed by atoms with van der Waals surface area (Å²) in [4.78, 5) is 9.08. The van der Waals surface area contributed by atoms with Gasteiger partial charge in [-0.05, 0) is 23.6 Å². The largest absolute Gasteiger partial charge is 0.374 e. The predicted octanol–water partition coefficient (Wildman–Crippen LogP) is 4.55. The van der Waals surface area contributed by atoms with Crippen LogP contribution in [0.15, 0.2) is 77.0 Å². The van der Waals surface area contributed by atoms with Crippen LogP contribution in [0.25, 0.3) is 5.65 Å². The molecule has 37 heavy (non-hydrogen) atoms. The quantitative estimate of drug-likeness (QED) is 0.292. The van der Waals surface area contributed by atoms with E-state index in [9.17, 15) is 5.11 Å². The maximum absolute atomic E-state index is 12.0. The van der Waals surface area contributed by atoms with Crippen LogP contribution in [0.3, 0.4) is 0 Å². The van der Waals surface area contributed by atoms with Gasteiger partial charge < -0.3 is 19.3 Å². The summed E-state index contributed by atoms with van der Waals surface area (Å²) >= 11 is 2.92. The topological polar surface area (TPSA) is 91.0 Å². The summed E-state index contributed by atoms with van der Waals surface area (Å²) < 4.78 is 20.4. The van der Waals surface area contributed by atoms with E-state index in [-0.39, 0.29) is 6.61 Å². The van der Waals surface area contributed by atoms with Gasteiger partial charge in [-0.25, -0.2) is 14.5 Å². The van der Waals surface area contributed by atoms with Gasteiger partial charge in [-0.15, -0.1) is 16.9 Å². The summed E-state index contributed by atoms with van der Waals surface area (Å²) in [5.74, 6) is -2.10. The molecule has 2 aromatic heterocycles. The Morgan fingerprint density at radius 3 is 2.32 bits per heavy atom. The summed E-state index contributed by atoms with van der Waals surface area (Å²) in [6.07, 6.45) is 4.55. The van der Waals surface area contributed by atoms with Crippen molar-refractivity contribution in [1.29, 1.82) is 0 Å². The van der Waals surface area contributed by atoms with Gasteiger partial charge in [0, 0.05) is 5.92 Å².